The number of hydrogen-bond donors (Lipinski definition) is 1. The lowest BCUT2D eigenvalue weighted by Crippen LogP contribution is -2.43. The van der Waals surface area contributed by atoms with Gasteiger partial charge in [-0.3, -0.25) is 0 Å². The summed E-state index contributed by atoms with van der Waals surface area (Å²) in [5.41, 5.74) is 6.35. The van der Waals surface area contributed by atoms with E-state index in [-0.39, 0.29) is 29.5 Å². The molecule has 6 rings (SSSR count). The third-order valence-electron chi connectivity index (χ3n) is 10.5. The number of benzene rings is 2. The fourth-order valence-corrected chi connectivity index (χ4v) is 13.6. The van der Waals surface area contributed by atoms with E-state index in [1.54, 1.807) is 12.1 Å². The molecule has 2 aromatic heterocycles. The summed E-state index contributed by atoms with van der Waals surface area (Å²) < 4.78 is 44.6. The van der Waals surface area contributed by atoms with Crippen molar-refractivity contribution < 1.29 is 23.4 Å². The van der Waals surface area contributed by atoms with E-state index in [0.29, 0.717) is 74.6 Å². The summed E-state index contributed by atoms with van der Waals surface area (Å²) in [5, 5.41) is 12.7. The number of aliphatic hydroxyl groups excluding tert-OH is 1. The lowest BCUT2D eigenvalue weighted by molar-refractivity contribution is 0.0512. The molecule has 1 unspecified atom stereocenters. The minimum atomic E-state index is -2.25. The van der Waals surface area contributed by atoms with Crippen LogP contribution in [-0.4, -0.2) is 67.5 Å². The number of rotatable bonds is 10. The fourth-order valence-electron chi connectivity index (χ4n) is 8.00. The average Bonchev–Trinajstić information content (AvgIpc) is 3.93. The van der Waals surface area contributed by atoms with Crippen LogP contribution in [0.2, 0.25) is 16.6 Å². The van der Waals surface area contributed by atoms with Gasteiger partial charge in [-0.25, -0.2) is 23.7 Å². The maximum absolute atomic E-state index is 17.4. The van der Waals surface area contributed by atoms with Crippen molar-refractivity contribution in [2.24, 2.45) is 0 Å². The lowest BCUT2D eigenvalue weighted by atomic mass is 9.95. The first-order valence-electron chi connectivity index (χ1n) is 17.7. The summed E-state index contributed by atoms with van der Waals surface area (Å²) in [7, 11) is -0.712. The average molecular weight is 719 g/mol. The topological polar surface area (TPSA) is 80.6 Å². The van der Waals surface area contributed by atoms with E-state index in [9.17, 15) is 5.11 Å². The summed E-state index contributed by atoms with van der Waals surface area (Å²) in [4.78, 5) is 16.7. The zero-order valence-corrected chi connectivity index (χ0v) is 32.2. The molecule has 0 bridgehead atoms. The fraction of sp³-hybridized carbons (Fsp3) is 0.513. The number of hydrogen-bond acceptors (Lipinski definition) is 8. The minimum absolute atomic E-state index is 0.0135. The van der Waals surface area contributed by atoms with Gasteiger partial charge in [0.1, 0.15) is 36.7 Å². The van der Waals surface area contributed by atoms with Crippen molar-refractivity contribution in [3.8, 4) is 28.5 Å². The molecule has 2 aliphatic rings. The number of β-amino-alcohol motifs (C(OH)–C–C–N with tert-alkyl or cyclic N) is 1. The van der Waals surface area contributed by atoms with Gasteiger partial charge in [-0.1, -0.05) is 65.3 Å². The number of thioether (sulfide) groups is 1. The van der Waals surface area contributed by atoms with Crippen molar-refractivity contribution in [1.29, 1.82) is 0 Å². The van der Waals surface area contributed by atoms with E-state index in [2.05, 4.69) is 53.0 Å². The quantitative estimate of drug-likeness (QED) is 0.0572. The minimum Gasteiger partial charge on any atom is -0.468 e. The largest absolute Gasteiger partial charge is 0.468 e. The molecular formula is C39H48F2N4O3SSi. The number of methoxy groups -OCH3 is 1. The molecule has 3 heterocycles. The first-order chi connectivity index (χ1) is 23.9. The van der Waals surface area contributed by atoms with Gasteiger partial charge in [-0.05, 0) is 72.1 Å². The number of piperidine rings is 1. The van der Waals surface area contributed by atoms with E-state index in [0.717, 1.165) is 25.0 Å². The predicted molar refractivity (Wildman–Crippen MR) is 202 cm³/mol. The molecule has 7 nitrogen and oxygen atoms in total. The van der Waals surface area contributed by atoms with Crippen LogP contribution < -0.4 is 9.64 Å². The highest BCUT2D eigenvalue weighted by Gasteiger charge is 2.42. The zero-order chi connectivity index (χ0) is 35.9. The van der Waals surface area contributed by atoms with Crippen LogP contribution in [0, 0.1) is 23.1 Å². The molecule has 1 saturated heterocycles. The van der Waals surface area contributed by atoms with Gasteiger partial charge in [0, 0.05) is 37.1 Å². The van der Waals surface area contributed by atoms with Crippen LogP contribution in [0.3, 0.4) is 0 Å². The highest BCUT2D eigenvalue weighted by molar-refractivity contribution is 7.98. The highest BCUT2D eigenvalue weighted by Crippen LogP contribution is 2.48. The second-order valence-electron chi connectivity index (χ2n) is 14.6. The van der Waals surface area contributed by atoms with Gasteiger partial charge >= 0.3 is 0 Å². The van der Waals surface area contributed by atoms with Crippen LogP contribution in [0.4, 0.5) is 14.6 Å². The normalized spacial score (nSPS) is 16.9. The molecule has 266 valence electrons. The second kappa shape index (κ2) is 14.7. The van der Waals surface area contributed by atoms with Crippen molar-refractivity contribution in [2.75, 3.05) is 38.1 Å². The van der Waals surface area contributed by atoms with Crippen molar-refractivity contribution in [3.05, 3.63) is 47.2 Å². The van der Waals surface area contributed by atoms with Gasteiger partial charge in [0.15, 0.2) is 17.8 Å². The van der Waals surface area contributed by atoms with E-state index in [1.807, 2.05) is 17.2 Å². The van der Waals surface area contributed by atoms with Gasteiger partial charge in [-0.15, -0.1) is 5.54 Å². The van der Waals surface area contributed by atoms with Crippen LogP contribution in [-0.2, 0) is 4.74 Å². The number of fused-ring (bicyclic) bond motifs is 2. The Morgan fingerprint density at radius 2 is 1.72 bits per heavy atom. The molecule has 50 heavy (non-hydrogen) atoms. The third kappa shape index (κ3) is 6.72. The second-order valence-corrected chi connectivity index (χ2v) is 21.0. The van der Waals surface area contributed by atoms with Gasteiger partial charge in [0.25, 0.3) is 0 Å². The summed E-state index contributed by atoms with van der Waals surface area (Å²) in [6.45, 7) is 14.4. The summed E-state index contributed by atoms with van der Waals surface area (Å²) in [5.74, 6) is 3.45. The Balaban J connectivity index is 1.69. The van der Waals surface area contributed by atoms with Crippen LogP contribution >= 0.6 is 11.8 Å². The first kappa shape index (κ1) is 36.5. The number of anilines is 1. The smallest absolute Gasteiger partial charge is 0.189 e. The number of aromatic nitrogens is 3. The van der Waals surface area contributed by atoms with Crippen molar-refractivity contribution >= 4 is 47.3 Å². The maximum atomic E-state index is 17.4. The Hall–Kier alpha value is -3.30. The number of halogens is 2. The molecule has 0 radical (unpaired) electrons. The van der Waals surface area contributed by atoms with Crippen molar-refractivity contribution in [3.63, 3.8) is 0 Å². The molecule has 1 saturated carbocycles. The van der Waals surface area contributed by atoms with E-state index < -0.39 is 25.8 Å². The summed E-state index contributed by atoms with van der Waals surface area (Å²) in [6, 6.07) is 6.65. The third-order valence-corrected chi connectivity index (χ3v) is 17.4. The standard InChI is InChI=1S/C39H48F2N4O3SSi/c1-22(2)50(23(3)4,24(5)6)17-15-29-31(40)14-13-26-18-28(48-21-47-7)19-30(32(26)29)36-34(41)37-33(35(42-36)25-11-12-25)38(44-39(43-37)49-8)45-16-9-10-27(46)20-45/h13-14,18-19,22-25,27,46H,9-12,16,20-21H2,1-8H3. The molecule has 0 amide bonds. The number of nitrogens with zero attached hydrogens (tertiary/aromatic N) is 4. The first-order valence-corrected chi connectivity index (χ1v) is 21.2. The van der Waals surface area contributed by atoms with Gasteiger partial charge in [0.2, 0.25) is 0 Å². The molecule has 1 atom stereocenters. The molecule has 2 fully saturated rings. The Morgan fingerprint density at radius 3 is 2.34 bits per heavy atom. The Morgan fingerprint density at radius 1 is 1.00 bits per heavy atom. The molecule has 2 aromatic carbocycles. The maximum Gasteiger partial charge on any atom is 0.189 e. The van der Waals surface area contributed by atoms with Crippen molar-refractivity contribution in [1.82, 2.24) is 15.0 Å². The molecular weight excluding hydrogens is 671 g/mol. The highest BCUT2D eigenvalue weighted by atomic mass is 32.2. The van der Waals surface area contributed by atoms with E-state index in [1.165, 1.54) is 24.9 Å². The number of ether oxygens (including phenoxy) is 2. The van der Waals surface area contributed by atoms with Crippen LogP contribution in [0.25, 0.3) is 32.9 Å². The van der Waals surface area contributed by atoms with Gasteiger partial charge < -0.3 is 19.5 Å². The predicted octanol–water partition coefficient (Wildman–Crippen LogP) is 9.24. The van der Waals surface area contributed by atoms with E-state index in [4.69, 9.17) is 24.4 Å². The van der Waals surface area contributed by atoms with Gasteiger partial charge in [-0.2, -0.15) is 0 Å². The molecule has 1 aliphatic heterocycles. The molecule has 1 N–H and O–H groups in total. The Kier molecular flexibility index (Phi) is 10.8. The monoisotopic (exact) mass is 718 g/mol. The zero-order valence-electron chi connectivity index (χ0n) is 30.4. The van der Waals surface area contributed by atoms with Crippen LogP contribution in [0.1, 0.15) is 84.4 Å². The molecule has 1 aliphatic carbocycles. The number of aliphatic hydroxyl groups is 1. The Bertz CT molecular complexity index is 1950. The summed E-state index contributed by atoms with van der Waals surface area (Å²) in [6.07, 6.45) is 4.71. The van der Waals surface area contributed by atoms with Crippen LogP contribution in [0.5, 0.6) is 5.75 Å². The van der Waals surface area contributed by atoms with E-state index >= 15 is 8.78 Å². The molecule has 0 spiro atoms. The number of pyridine rings is 1. The van der Waals surface area contributed by atoms with Crippen molar-refractivity contribution in [2.45, 2.75) is 101 Å². The Labute approximate surface area is 299 Å². The van der Waals surface area contributed by atoms with Crippen LogP contribution in [0.15, 0.2) is 29.4 Å². The molecule has 4 aromatic rings. The summed E-state index contributed by atoms with van der Waals surface area (Å²) >= 11 is 1.34. The molecule has 11 heteroatoms. The van der Waals surface area contributed by atoms with Gasteiger partial charge in [0.05, 0.1) is 22.7 Å². The lowest BCUT2D eigenvalue weighted by Gasteiger charge is -2.38. The SMILES string of the molecule is COCOc1cc(-c2nc(C3CC3)c3c(N4CCCC(O)C4)nc(SC)nc3c2F)c2c(C#C[Si](C(C)C)(C(C)C)C(C)C)c(F)ccc2c1.